The number of hydrogen-bond donors (Lipinski definition) is 1. The molecule has 2 aliphatic rings. The minimum atomic E-state index is -0.119. The summed E-state index contributed by atoms with van der Waals surface area (Å²) in [7, 11) is 1.46. The van der Waals surface area contributed by atoms with Crippen LogP contribution in [-0.4, -0.2) is 49.2 Å². The normalized spacial score (nSPS) is 32.2. The summed E-state index contributed by atoms with van der Waals surface area (Å²) in [6.45, 7) is 6.48. The minimum absolute atomic E-state index is 0.0737. The predicted molar refractivity (Wildman–Crippen MR) is 66.8 cm³/mol. The standard InChI is InChI=1S/C13H24N2O2/c1-9(13(16)17-3)10(2)14-11-6-8-15-7-4-5-12(11)15/h9-12,14H,4-8H2,1-3H3. The highest BCUT2D eigenvalue weighted by Crippen LogP contribution is 2.28. The summed E-state index contributed by atoms with van der Waals surface area (Å²) in [5.41, 5.74) is 0. The van der Waals surface area contributed by atoms with Crippen LogP contribution < -0.4 is 5.32 Å². The van der Waals surface area contributed by atoms with Gasteiger partial charge in [-0.3, -0.25) is 9.69 Å². The van der Waals surface area contributed by atoms with Gasteiger partial charge in [-0.25, -0.2) is 0 Å². The number of esters is 1. The number of carbonyl (C=O) groups excluding carboxylic acids is 1. The van der Waals surface area contributed by atoms with E-state index in [9.17, 15) is 4.79 Å². The van der Waals surface area contributed by atoms with E-state index in [1.54, 1.807) is 0 Å². The van der Waals surface area contributed by atoms with Gasteiger partial charge in [0.1, 0.15) is 0 Å². The SMILES string of the molecule is COC(=O)C(C)C(C)NC1CCN2CCCC12. The molecule has 2 aliphatic heterocycles. The third-order valence-electron chi connectivity index (χ3n) is 4.41. The highest BCUT2D eigenvalue weighted by Gasteiger charge is 2.38. The third kappa shape index (κ3) is 2.63. The molecule has 1 N–H and O–H groups in total. The van der Waals surface area contributed by atoms with Gasteiger partial charge in [0.05, 0.1) is 13.0 Å². The molecule has 2 saturated heterocycles. The maximum atomic E-state index is 11.5. The van der Waals surface area contributed by atoms with Crippen LogP contribution in [0.1, 0.15) is 33.1 Å². The van der Waals surface area contributed by atoms with Crippen LogP contribution in [0.5, 0.6) is 0 Å². The molecule has 17 heavy (non-hydrogen) atoms. The summed E-state index contributed by atoms with van der Waals surface area (Å²) in [4.78, 5) is 14.1. The fourth-order valence-electron chi connectivity index (χ4n) is 3.15. The average Bonchev–Trinajstić information content (AvgIpc) is 2.91. The van der Waals surface area contributed by atoms with E-state index in [2.05, 4.69) is 17.1 Å². The predicted octanol–water partition coefficient (Wildman–Crippen LogP) is 1.01. The topological polar surface area (TPSA) is 41.6 Å². The summed E-state index contributed by atoms with van der Waals surface area (Å²) in [5, 5.41) is 3.62. The largest absolute Gasteiger partial charge is 0.469 e. The van der Waals surface area contributed by atoms with E-state index in [-0.39, 0.29) is 17.9 Å². The second-order valence-electron chi connectivity index (χ2n) is 5.41. The van der Waals surface area contributed by atoms with Gasteiger partial charge < -0.3 is 10.1 Å². The molecule has 0 aliphatic carbocycles. The lowest BCUT2D eigenvalue weighted by Crippen LogP contribution is -2.47. The van der Waals surface area contributed by atoms with Gasteiger partial charge in [-0.1, -0.05) is 6.92 Å². The third-order valence-corrected chi connectivity index (χ3v) is 4.41. The van der Waals surface area contributed by atoms with Gasteiger partial charge in [0.2, 0.25) is 0 Å². The fraction of sp³-hybridized carbons (Fsp3) is 0.923. The fourth-order valence-corrected chi connectivity index (χ4v) is 3.15. The Kier molecular flexibility index (Phi) is 4.05. The van der Waals surface area contributed by atoms with Crippen LogP contribution in [0.3, 0.4) is 0 Å². The van der Waals surface area contributed by atoms with Gasteiger partial charge in [-0.2, -0.15) is 0 Å². The van der Waals surface area contributed by atoms with Gasteiger partial charge in [0, 0.05) is 24.7 Å². The van der Waals surface area contributed by atoms with E-state index in [1.807, 2.05) is 6.92 Å². The van der Waals surface area contributed by atoms with Crippen LogP contribution in [0.2, 0.25) is 0 Å². The average molecular weight is 240 g/mol. The van der Waals surface area contributed by atoms with E-state index in [1.165, 1.54) is 39.5 Å². The first-order valence-corrected chi connectivity index (χ1v) is 6.71. The van der Waals surface area contributed by atoms with Crippen LogP contribution in [0.15, 0.2) is 0 Å². The number of methoxy groups -OCH3 is 1. The number of fused-ring (bicyclic) bond motifs is 1. The Labute approximate surface area is 104 Å². The summed E-state index contributed by atoms with van der Waals surface area (Å²) >= 11 is 0. The van der Waals surface area contributed by atoms with Crippen molar-refractivity contribution in [1.29, 1.82) is 0 Å². The van der Waals surface area contributed by atoms with Crippen LogP contribution in [0.4, 0.5) is 0 Å². The van der Waals surface area contributed by atoms with Crippen molar-refractivity contribution in [3.63, 3.8) is 0 Å². The molecule has 2 fully saturated rings. The lowest BCUT2D eigenvalue weighted by atomic mass is 10.00. The minimum Gasteiger partial charge on any atom is -0.469 e. The Morgan fingerprint density at radius 2 is 2.12 bits per heavy atom. The van der Waals surface area contributed by atoms with Crippen molar-refractivity contribution in [3.05, 3.63) is 0 Å². The molecule has 0 saturated carbocycles. The van der Waals surface area contributed by atoms with E-state index >= 15 is 0 Å². The Balaban J connectivity index is 1.86. The highest BCUT2D eigenvalue weighted by molar-refractivity contribution is 5.72. The molecule has 0 bridgehead atoms. The van der Waals surface area contributed by atoms with Gasteiger partial charge in [-0.05, 0) is 32.7 Å². The van der Waals surface area contributed by atoms with E-state index in [0.717, 1.165) is 0 Å². The molecule has 2 rings (SSSR count). The lowest BCUT2D eigenvalue weighted by Gasteiger charge is -2.27. The molecule has 0 radical (unpaired) electrons. The molecule has 4 nitrogen and oxygen atoms in total. The zero-order valence-electron chi connectivity index (χ0n) is 11.1. The number of nitrogens with one attached hydrogen (secondary N) is 1. The van der Waals surface area contributed by atoms with Gasteiger partial charge in [-0.15, -0.1) is 0 Å². The molecule has 0 amide bonds. The van der Waals surface area contributed by atoms with Gasteiger partial charge in [0.25, 0.3) is 0 Å². The number of rotatable bonds is 4. The van der Waals surface area contributed by atoms with E-state index < -0.39 is 0 Å². The molecule has 0 aromatic carbocycles. The Morgan fingerprint density at radius 3 is 2.82 bits per heavy atom. The van der Waals surface area contributed by atoms with Gasteiger partial charge in [0.15, 0.2) is 0 Å². The number of carbonyl (C=O) groups is 1. The number of nitrogens with zero attached hydrogens (tertiary/aromatic N) is 1. The summed E-state index contributed by atoms with van der Waals surface area (Å²) in [6.07, 6.45) is 3.84. The van der Waals surface area contributed by atoms with Crippen LogP contribution in [0, 0.1) is 5.92 Å². The van der Waals surface area contributed by atoms with Crippen molar-refractivity contribution in [2.45, 2.75) is 51.2 Å². The van der Waals surface area contributed by atoms with Crippen molar-refractivity contribution in [1.82, 2.24) is 10.2 Å². The Hall–Kier alpha value is -0.610. The summed E-state index contributed by atoms with van der Waals surface area (Å²) in [5.74, 6) is -0.193. The van der Waals surface area contributed by atoms with Crippen molar-refractivity contribution in [2.24, 2.45) is 5.92 Å². The van der Waals surface area contributed by atoms with E-state index in [0.29, 0.717) is 12.1 Å². The molecule has 2 heterocycles. The van der Waals surface area contributed by atoms with Crippen LogP contribution >= 0.6 is 0 Å². The summed E-state index contributed by atoms with van der Waals surface area (Å²) < 4.78 is 4.79. The second kappa shape index (κ2) is 5.36. The lowest BCUT2D eigenvalue weighted by molar-refractivity contribution is -0.145. The number of hydrogen-bond acceptors (Lipinski definition) is 4. The first-order chi connectivity index (χ1) is 8.13. The second-order valence-corrected chi connectivity index (χ2v) is 5.41. The quantitative estimate of drug-likeness (QED) is 0.745. The van der Waals surface area contributed by atoms with Crippen molar-refractivity contribution >= 4 is 5.97 Å². The van der Waals surface area contributed by atoms with Crippen LogP contribution in [0.25, 0.3) is 0 Å². The zero-order valence-corrected chi connectivity index (χ0v) is 11.1. The molecule has 98 valence electrons. The monoisotopic (exact) mass is 240 g/mol. The summed E-state index contributed by atoms with van der Waals surface area (Å²) in [6, 6.07) is 1.44. The Morgan fingerprint density at radius 1 is 1.35 bits per heavy atom. The smallest absolute Gasteiger partial charge is 0.309 e. The van der Waals surface area contributed by atoms with E-state index in [4.69, 9.17) is 4.74 Å². The molecular weight excluding hydrogens is 216 g/mol. The molecule has 0 aromatic rings. The molecule has 4 unspecified atom stereocenters. The first-order valence-electron chi connectivity index (χ1n) is 6.71. The van der Waals surface area contributed by atoms with Crippen molar-refractivity contribution in [2.75, 3.05) is 20.2 Å². The first kappa shape index (κ1) is 12.8. The maximum Gasteiger partial charge on any atom is 0.309 e. The molecule has 4 heteroatoms. The maximum absolute atomic E-state index is 11.5. The zero-order chi connectivity index (χ0) is 12.4. The van der Waals surface area contributed by atoms with Crippen molar-refractivity contribution < 1.29 is 9.53 Å². The van der Waals surface area contributed by atoms with Gasteiger partial charge >= 0.3 is 5.97 Å². The molecular formula is C13H24N2O2. The number of ether oxygens (including phenoxy) is 1. The Bertz CT molecular complexity index is 283. The molecule has 0 aromatic heterocycles. The molecule has 4 atom stereocenters. The van der Waals surface area contributed by atoms with Crippen molar-refractivity contribution in [3.8, 4) is 0 Å². The molecule has 0 spiro atoms. The van der Waals surface area contributed by atoms with Crippen LogP contribution in [-0.2, 0) is 9.53 Å². The highest BCUT2D eigenvalue weighted by atomic mass is 16.5.